The molecule has 0 aliphatic heterocycles. The topological polar surface area (TPSA) is 102 Å². The Morgan fingerprint density at radius 1 is 1.14 bits per heavy atom. The summed E-state index contributed by atoms with van der Waals surface area (Å²) in [6.07, 6.45) is -2.38. The molecule has 0 unspecified atom stereocenters. The zero-order valence-electron chi connectivity index (χ0n) is 14.6. The summed E-state index contributed by atoms with van der Waals surface area (Å²) in [5.74, 6) is -1.63. The van der Waals surface area contributed by atoms with E-state index in [4.69, 9.17) is 11.5 Å². The van der Waals surface area contributed by atoms with Crippen molar-refractivity contribution in [3.8, 4) is 0 Å². The molecule has 1 aromatic carbocycles. The lowest BCUT2D eigenvalue weighted by molar-refractivity contribution is -0.134. The van der Waals surface area contributed by atoms with Crippen LogP contribution < -0.4 is 16.4 Å². The van der Waals surface area contributed by atoms with Crippen LogP contribution in [0.4, 0.5) is 34.1 Å². The molecular weight excluding hydrogens is 400 g/mol. The van der Waals surface area contributed by atoms with Crippen LogP contribution >= 0.6 is 11.3 Å². The number of hydrogen-bond donors (Lipinski definition) is 2. The number of amides is 2. The number of thiazole rings is 1. The number of carbonyl (C=O) groups excluding carboxylic acids is 2. The van der Waals surface area contributed by atoms with Gasteiger partial charge in [-0.05, 0) is 31.0 Å². The third-order valence-electron chi connectivity index (χ3n) is 3.76. The van der Waals surface area contributed by atoms with Crippen LogP contribution in [0.2, 0.25) is 0 Å². The lowest BCUT2D eigenvalue weighted by Crippen LogP contribution is -2.26. The number of unbranched alkanes of at least 4 members (excludes halogenated alkanes) is 2. The van der Waals surface area contributed by atoms with Crippen LogP contribution in [0.5, 0.6) is 0 Å². The van der Waals surface area contributed by atoms with Crippen molar-refractivity contribution in [2.45, 2.75) is 38.3 Å². The number of rotatable bonds is 8. The van der Waals surface area contributed by atoms with Crippen molar-refractivity contribution >= 4 is 39.7 Å². The van der Waals surface area contributed by atoms with Crippen LogP contribution in [0.1, 0.15) is 37.0 Å². The summed E-state index contributed by atoms with van der Waals surface area (Å²) in [7, 11) is 0. The van der Waals surface area contributed by atoms with E-state index in [1.165, 1.54) is 6.07 Å². The Labute approximate surface area is 162 Å². The predicted octanol–water partition coefficient (Wildman–Crippen LogP) is 3.98. The molecule has 0 radical (unpaired) electrons. The minimum atomic E-state index is -4.60. The molecule has 0 aliphatic rings. The summed E-state index contributed by atoms with van der Waals surface area (Å²) in [6.45, 7) is 0. The van der Waals surface area contributed by atoms with Gasteiger partial charge in [0.15, 0.2) is 5.13 Å². The number of anilines is 3. The first kappa shape index (κ1) is 21.6. The minimum absolute atomic E-state index is 0.0174. The molecule has 0 saturated carbocycles. The monoisotopic (exact) mass is 418 g/mol. The van der Waals surface area contributed by atoms with E-state index in [1.54, 1.807) is 0 Å². The lowest BCUT2D eigenvalue weighted by Gasteiger charge is -2.21. The van der Waals surface area contributed by atoms with Gasteiger partial charge in [0.1, 0.15) is 10.7 Å². The molecular formula is C17H18F4N4O2S. The molecule has 1 aromatic heterocycles. The van der Waals surface area contributed by atoms with Crippen molar-refractivity contribution in [3.05, 3.63) is 35.1 Å². The Balaban J connectivity index is 2.25. The van der Waals surface area contributed by atoms with Crippen molar-refractivity contribution in [3.63, 3.8) is 0 Å². The maximum absolute atomic E-state index is 13.3. The highest BCUT2D eigenvalue weighted by atomic mass is 32.1. The van der Waals surface area contributed by atoms with Crippen LogP contribution in [0.25, 0.3) is 0 Å². The summed E-state index contributed by atoms with van der Waals surface area (Å²) >= 11 is 0.290. The highest BCUT2D eigenvalue weighted by Gasteiger charge is 2.35. The number of hydrogen-bond acceptors (Lipinski definition) is 5. The van der Waals surface area contributed by atoms with Gasteiger partial charge in [-0.2, -0.15) is 13.2 Å². The highest BCUT2D eigenvalue weighted by Crippen LogP contribution is 2.40. The highest BCUT2D eigenvalue weighted by molar-refractivity contribution is 7.16. The molecule has 0 saturated heterocycles. The smallest absolute Gasteiger partial charge is 0.397 e. The van der Waals surface area contributed by atoms with Gasteiger partial charge in [-0.15, -0.1) is 0 Å². The first-order valence-corrected chi connectivity index (χ1v) is 9.10. The van der Waals surface area contributed by atoms with Gasteiger partial charge >= 0.3 is 6.18 Å². The zero-order valence-corrected chi connectivity index (χ0v) is 15.4. The molecule has 2 amide bonds. The number of carbonyl (C=O) groups is 2. The third kappa shape index (κ3) is 5.65. The van der Waals surface area contributed by atoms with Crippen LogP contribution in [0.3, 0.4) is 0 Å². The Hall–Kier alpha value is -2.69. The fourth-order valence-electron chi connectivity index (χ4n) is 2.44. The number of primary amides is 1. The van der Waals surface area contributed by atoms with E-state index in [2.05, 4.69) is 4.98 Å². The fourth-order valence-corrected chi connectivity index (χ4v) is 3.25. The molecule has 6 nitrogen and oxygen atoms in total. The Bertz CT molecular complexity index is 854. The Morgan fingerprint density at radius 2 is 1.82 bits per heavy atom. The molecule has 2 rings (SSSR count). The second kappa shape index (κ2) is 9.00. The summed E-state index contributed by atoms with van der Waals surface area (Å²) in [5.41, 5.74) is 10.8. The molecule has 28 heavy (non-hydrogen) atoms. The zero-order chi connectivity index (χ0) is 20.9. The van der Waals surface area contributed by atoms with E-state index in [-0.39, 0.29) is 29.3 Å². The average Bonchev–Trinajstić information content (AvgIpc) is 3.06. The van der Waals surface area contributed by atoms with Crippen molar-refractivity contribution in [2.24, 2.45) is 5.73 Å². The van der Waals surface area contributed by atoms with E-state index < -0.39 is 28.7 Å². The number of nitrogens with two attached hydrogens (primary N) is 2. The average molecular weight is 418 g/mol. The van der Waals surface area contributed by atoms with Crippen LogP contribution in [0, 0.1) is 5.82 Å². The van der Waals surface area contributed by atoms with E-state index in [0.29, 0.717) is 36.8 Å². The molecule has 1 heterocycles. The molecule has 152 valence electrons. The number of alkyl halides is 3. The van der Waals surface area contributed by atoms with E-state index in [0.717, 1.165) is 17.0 Å². The Morgan fingerprint density at radius 3 is 2.39 bits per heavy atom. The number of aromatic nitrogens is 1. The second-order valence-corrected chi connectivity index (χ2v) is 6.97. The van der Waals surface area contributed by atoms with E-state index in [1.807, 2.05) is 0 Å². The van der Waals surface area contributed by atoms with E-state index >= 15 is 0 Å². The van der Waals surface area contributed by atoms with Gasteiger partial charge in [0.25, 0.3) is 0 Å². The standard InChI is InChI=1S/C17H18F4N4O2S/c18-10-6-7-12(11(22)8-10)25(15(27)5-3-1-2-4-14(23)26)16-24-9-13(28-16)17(19,20)21/h6-9H,1-5,22H2,(H2,23,26). The van der Waals surface area contributed by atoms with Gasteiger partial charge in [-0.3, -0.25) is 14.5 Å². The molecule has 0 atom stereocenters. The normalized spacial score (nSPS) is 11.4. The second-order valence-electron chi connectivity index (χ2n) is 5.96. The summed E-state index contributed by atoms with van der Waals surface area (Å²) < 4.78 is 52.1. The number of halogens is 4. The maximum Gasteiger partial charge on any atom is 0.427 e. The van der Waals surface area contributed by atoms with Gasteiger partial charge in [-0.25, -0.2) is 9.37 Å². The van der Waals surface area contributed by atoms with Crippen molar-refractivity contribution in [1.29, 1.82) is 0 Å². The van der Waals surface area contributed by atoms with Gasteiger partial charge in [0, 0.05) is 12.8 Å². The maximum atomic E-state index is 13.3. The van der Waals surface area contributed by atoms with Crippen molar-refractivity contribution in [2.75, 3.05) is 10.6 Å². The van der Waals surface area contributed by atoms with Crippen molar-refractivity contribution in [1.82, 2.24) is 4.98 Å². The fraction of sp³-hybridized carbons (Fsp3) is 0.353. The van der Waals surface area contributed by atoms with E-state index in [9.17, 15) is 27.2 Å². The molecule has 0 aliphatic carbocycles. The number of nitrogens with zero attached hydrogens (tertiary/aromatic N) is 2. The van der Waals surface area contributed by atoms with Gasteiger partial charge in [0.05, 0.1) is 17.6 Å². The van der Waals surface area contributed by atoms with Gasteiger partial charge in [-0.1, -0.05) is 17.8 Å². The Kier molecular flexibility index (Phi) is 6.95. The van der Waals surface area contributed by atoms with Crippen LogP contribution in [-0.2, 0) is 15.8 Å². The lowest BCUT2D eigenvalue weighted by atomic mass is 10.1. The molecule has 4 N–H and O–H groups in total. The van der Waals surface area contributed by atoms with Crippen molar-refractivity contribution < 1.29 is 27.2 Å². The summed E-state index contributed by atoms with van der Waals surface area (Å²) in [4.78, 5) is 27.1. The number of nitrogen functional groups attached to an aromatic ring is 1. The summed E-state index contributed by atoms with van der Waals surface area (Å²) in [5, 5.41) is -0.215. The first-order valence-electron chi connectivity index (χ1n) is 8.29. The molecule has 11 heteroatoms. The SMILES string of the molecule is NC(=O)CCCCCC(=O)N(c1ncc(C(F)(F)F)s1)c1ccc(F)cc1N. The van der Waals surface area contributed by atoms with Crippen LogP contribution in [-0.4, -0.2) is 16.8 Å². The molecule has 2 aromatic rings. The predicted molar refractivity (Wildman–Crippen MR) is 97.4 cm³/mol. The van der Waals surface area contributed by atoms with Crippen LogP contribution in [0.15, 0.2) is 24.4 Å². The quantitative estimate of drug-likeness (QED) is 0.384. The first-order chi connectivity index (χ1) is 13.1. The number of benzene rings is 1. The third-order valence-corrected chi connectivity index (χ3v) is 4.79. The van der Waals surface area contributed by atoms with Gasteiger partial charge < -0.3 is 11.5 Å². The molecule has 0 bridgehead atoms. The molecule has 0 fully saturated rings. The summed E-state index contributed by atoms with van der Waals surface area (Å²) in [6, 6.07) is 3.24. The largest absolute Gasteiger partial charge is 0.427 e. The minimum Gasteiger partial charge on any atom is -0.397 e. The molecule has 0 spiro atoms. The van der Waals surface area contributed by atoms with Gasteiger partial charge in [0.2, 0.25) is 11.8 Å².